The summed E-state index contributed by atoms with van der Waals surface area (Å²) >= 11 is 1.55. The Morgan fingerprint density at radius 3 is 2.77 bits per heavy atom. The summed E-state index contributed by atoms with van der Waals surface area (Å²) < 4.78 is 7.61. The first-order chi connectivity index (χ1) is 12.6. The molecule has 8 nitrogen and oxygen atoms in total. The summed E-state index contributed by atoms with van der Waals surface area (Å²) in [7, 11) is 0. The number of thioether (sulfide) groups is 1. The molecule has 0 aromatic carbocycles. The van der Waals surface area contributed by atoms with Gasteiger partial charge in [0, 0.05) is 31.4 Å². The van der Waals surface area contributed by atoms with E-state index >= 15 is 0 Å². The van der Waals surface area contributed by atoms with Crippen molar-refractivity contribution in [3.8, 4) is 0 Å². The van der Waals surface area contributed by atoms with Crippen LogP contribution in [0.5, 0.6) is 0 Å². The van der Waals surface area contributed by atoms with Crippen molar-refractivity contribution in [2.45, 2.75) is 44.6 Å². The number of rotatable bonds is 7. The normalized spacial score (nSPS) is 15.0. The smallest absolute Gasteiger partial charge is 0.251 e. The molecular formula is C17H26N6O2S. The summed E-state index contributed by atoms with van der Waals surface area (Å²) in [6.07, 6.45) is 0.742. The van der Waals surface area contributed by atoms with E-state index in [0.29, 0.717) is 30.7 Å². The molecule has 1 saturated heterocycles. The molecule has 2 aromatic rings. The summed E-state index contributed by atoms with van der Waals surface area (Å²) in [5.74, 6) is 2.61. The monoisotopic (exact) mass is 378 g/mol. The number of ether oxygens (including phenoxy) is 1. The van der Waals surface area contributed by atoms with Gasteiger partial charge in [0.25, 0.3) is 5.56 Å². The van der Waals surface area contributed by atoms with Gasteiger partial charge in [0.05, 0.1) is 19.0 Å². The summed E-state index contributed by atoms with van der Waals surface area (Å²) in [6.45, 7) is 10.3. The van der Waals surface area contributed by atoms with Gasteiger partial charge in [0.15, 0.2) is 5.16 Å². The Kier molecular flexibility index (Phi) is 6.31. The van der Waals surface area contributed by atoms with Crippen molar-refractivity contribution < 1.29 is 4.74 Å². The van der Waals surface area contributed by atoms with Gasteiger partial charge in [-0.2, -0.15) is 0 Å². The van der Waals surface area contributed by atoms with Crippen LogP contribution in [0, 0.1) is 5.92 Å². The molecule has 9 heteroatoms. The molecule has 0 spiro atoms. The number of aryl methyl sites for hydroxylation is 1. The van der Waals surface area contributed by atoms with E-state index in [1.54, 1.807) is 17.8 Å². The van der Waals surface area contributed by atoms with Crippen LogP contribution in [0.3, 0.4) is 0 Å². The highest BCUT2D eigenvalue weighted by Gasteiger charge is 2.21. The fourth-order valence-corrected chi connectivity index (χ4v) is 3.67. The quantitative estimate of drug-likeness (QED) is 0.734. The number of anilines is 1. The number of H-pyrrole nitrogens is 1. The lowest BCUT2D eigenvalue weighted by atomic mass is 10.2. The summed E-state index contributed by atoms with van der Waals surface area (Å²) in [5, 5.41) is 9.68. The Morgan fingerprint density at radius 1 is 1.31 bits per heavy atom. The average Bonchev–Trinajstić information content (AvgIpc) is 3.02. The molecule has 3 rings (SSSR count). The van der Waals surface area contributed by atoms with Gasteiger partial charge in [0.2, 0.25) is 5.95 Å². The van der Waals surface area contributed by atoms with E-state index in [2.05, 4.69) is 43.5 Å². The Balaban J connectivity index is 1.79. The first kappa shape index (κ1) is 18.9. The van der Waals surface area contributed by atoms with E-state index in [9.17, 15) is 4.79 Å². The van der Waals surface area contributed by atoms with Gasteiger partial charge in [0.1, 0.15) is 5.82 Å². The van der Waals surface area contributed by atoms with Crippen LogP contribution in [0.2, 0.25) is 0 Å². The molecule has 1 fully saturated rings. The van der Waals surface area contributed by atoms with Crippen molar-refractivity contribution in [3.63, 3.8) is 0 Å². The lowest BCUT2D eigenvalue weighted by Crippen LogP contribution is -2.38. The first-order valence-electron chi connectivity index (χ1n) is 9.04. The molecule has 3 heterocycles. The Hall–Kier alpha value is -1.87. The summed E-state index contributed by atoms with van der Waals surface area (Å²) in [6, 6.07) is 1.55. The minimum atomic E-state index is -0.106. The van der Waals surface area contributed by atoms with Crippen LogP contribution in [0.1, 0.15) is 32.3 Å². The molecule has 0 unspecified atom stereocenters. The van der Waals surface area contributed by atoms with Crippen molar-refractivity contribution in [3.05, 3.63) is 27.9 Å². The molecule has 0 saturated carbocycles. The highest BCUT2D eigenvalue weighted by atomic mass is 32.2. The SMILES string of the molecule is CCc1cc(=O)[nH]c(CSc2nnc(N3CCOCC3)n2CC(C)C)n1. The van der Waals surface area contributed by atoms with Gasteiger partial charge in [-0.05, 0) is 12.3 Å². The lowest BCUT2D eigenvalue weighted by molar-refractivity contribution is 0.121. The standard InChI is InChI=1S/C17H26N6O2S/c1-4-13-9-15(24)19-14(18-13)11-26-17-21-20-16(23(17)10-12(2)3)22-5-7-25-8-6-22/h9,12H,4-8,10-11H2,1-3H3,(H,18,19,24). The van der Waals surface area contributed by atoms with E-state index in [0.717, 1.165) is 42.9 Å². The van der Waals surface area contributed by atoms with E-state index in [1.807, 2.05) is 6.92 Å². The Labute approximate surface area is 157 Å². The predicted molar refractivity (Wildman–Crippen MR) is 102 cm³/mol. The highest BCUT2D eigenvalue weighted by molar-refractivity contribution is 7.98. The molecule has 0 bridgehead atoms. The Morgan fingerprint density at radius 2 is 2.08 bits per heavy atom. The lowest BCUT2D eigenvalue weighted by Gasteiger charge is -2.28. The van der Waals surface area contributed by atoms with Gasteiger partial charge >= 0.3 is 0 Å². The molecule has 0 radical (unpaired) electrons. The summed E-state index contributed by atoms with van der Waals surface area (Å²) in [5.41, 5.74) is 0.701. The van der Waals surface area contributed by atoms with Gasteiger partial charge < -0.3 is 14.6 Å². The molecule has 142 valence electrons. The van der Waals surface area contributed by atoms with E-state index in [1.165, 1.54) is 0 Å². The maximum Gasteiger partial charge on any atom is 0.251 e. The van der Waals surface area contributed by atoms with Crippen molar-refractivity contribution in [1.82, 2.24) is 24.7 Å². The van der Waals surface area contributed by atoms with Crippen LogP contribution in [-0.4, -0.2) is 51.0 Å². The third-order valence-electron chi connectivity index (χ3n) is 4.08. The number of morpholine rings is 1. The zero-order valence-electron chi connectivity index (χ0n) is 15.6. The zero-order chi connectivity index (χ0) is 18.5. The number of nitrogens with zero attached hydrogens (tertiary/aromatic N) is 5. The molecule has 0 aliphatic carbocycles. The fourth-order valence-electron chi connectivity index (χ4n) is 2.86. The fraction of sp³-hybridized carbons (Fsp3) is 0.647. The van der Waals surface area contributed by atoms with Crippen molar-refractivity contribution in [1.29, 1.82) is 0 Å². The molecule has 1 N–H and O–H groups in total. The van der Waals surface area contributed by atoms with Crippen molar-refractivity contribution >= 4 is 17.7 Å². The number of hydrogen-bond acceptors (Lipinski definition) is 7. The second-order valence-corrected chi connectivity index (χ2v) is 7.65. The maximum absolute atomic E-state index is 11.7. The van der Waals surface area contributed by atoms with Crippen molar-refractivity contribution in [2.75, 3.05) is 31.2 Å². The molecule has 0 amide bonds. The number of hydrogen-bond donors (Lipinski definition) is 1. The van der Waals surface area contributed by atoms with E-state index in [4.69, 9.17) is 4.74 Å². The zero-order valence-corrected chi connectivity index (χ0v) is 16.4. The van der Waals surface area contributed by atoms with E-state index < -0.39 is 0 Å². The van der Waals surface area contributed by atoms with Crippen LogP contribution < -0.4 is 10.5 Å². The average molecular weight is 379 g/mol. The van der Waals surface area contributed by atoms with Crippen LogP contribution in [0.4, 0.5) is 5.95 Å². The van der Waals surface area contributed by atoms with E-state index in [-0.39, 0.29) is 5.56 Å². The van der Waals surface area contributed by atoms with Gasteiger partial charge in [-0.1, -0.05) is 32.5 Å². The van der Waals surface area contributed by atoms with Crippen LogP contribution in [-0.2, 0) is 23.5 Å². The number of aromatic nitrogens is 5. The van der Waals surface area contributed by atoms with Crippen LogP contribution in [0.25, 0.3) is 0 Å². The Bertz CT molecular complexity index is 782. The van der Waals surface area contributed by atoms with Gasteiger partial charge in [-0.3, -0.25) is 9.36 Å². The molecule has 1 aliphatic rings. The number of nitrogens with one attached hydrogen (secondary N) is 1. The second kappa shape index (κ2) is 8.68. The second-order valence-electron chi connectivity index (χ2n) is 6.71. The molecular weight excluding hydrogens is 352 g/mol. The third-order valence-corrected chi connectivity index (χ3v) is 5.06. The minimum Gasteiger partial charge on any atom is -0.378 e. The summed E-state index contributed by atoms with van der Waals surface area (Å²) in [4.78, 5) is 21.3. The van der Waals surface area contributed by atoms with Gasteiger partial charge in [-0.25, -0.2) is 4.98 Å². The minimum absolute atomic E-state index is 0.106. The molecule has 0 atom stereocenters. The van der Waals surface area contributed by atoms with Gasteiger partial charge in [-0.15, -0.1) is 10.2 Å². The third kappa shape index (κ3) is 4.64. The molecule has 26 heavy (non-hydrogen) atoms. The largest absolute Gasteiger partial charge is 0.378 e. The molecule has 2 aromatic heterocycles. The predicted octanol–water partition coefficient (Wildman–Crippen LogP) is 1.71. The molecule has 1 aliphatic heterocycles. The first-order valence-corrected chi connectivity index (χ1v) is 10.0. The van der Waals surface area contributed by atoms with Crippen LogP contribution >= 0.6 is 11.8 Å². The van der Waals surface area contributed by atoms with Crippen molar-refractivity contribution in [2.24, 2.45) is 5.92 Å². The maximum atomic E-state index is 11.7. The number of aromatic amines is 1. The van der Waals surface area contributed by atoms with Crippen LogP contribution in [0.15, 0.2) is 16.0 Å². The topological polar surface area (TPSA) is 88.9 Å². The highest BCUT2D eigenvalue weighted by Crippen LogP contribution is 2.25.